The van der Waals surface area contributed by atoms with E-state index in [0.717, 1.165) is 37.2 Å². The quantitative estimate of drug-likeness (QED) is 0.774. The minimum atomic E-state index is -0.517. The first-order valence-corrected chi connectivity index (χ1v) is 9.25. The highest BCUT2D eigenvalue weighted by Crippen LogP contribution is 2.26. The Hall–Kier alpha value is -2.37. The molecule has 0 unspecified atom stereocenters. The lowest BCUT2D eigenvalue weighted by atomic mass is 10.0. The van der Waals surface area contributed by atoms with Crippen molar-refractivity contribution in [2.75, 3.05) is 31.1 Å². The fourth-order valence-electron chi connectivity index (χ4n) is 3.60. The number of ether oxygens (including phenoxy) is 1. The molecule has 2 aliphatic heterocycles. The van der Waals surface area contributed by atoms with E-state index in [2.05, 4.69) is 6.92 Å². The number of hydrogen-bond acceptors (Lipinski definition) is 4. The Morgan fingerprint density at radius 1 is 1.19 bits per heavy atom. The van der Waals surface area contributed by atoms with Crippen LogP contribution in [0.15, 0.2) is 24.3 Å². The number of carbonyl (C=O) groups excluding carboxylic acids is 3. The molecule has 2 heterocycles. The molecular weight excluding hydrogens is 332 g/mol. The van der Waals surface area contributed by atoms with Gasteiger partial charge in [0.1, 0.15) is 0 Å². The summed E-state index contributed by atoms with van der Waals surface area (Å²) in [4.78, 5) is 40.1. The summed E-state index contributed by atoms with van der Waals surface area (Å²) in [7, 11) is 0. The molecule has 2 amide bonds. The maximum absolute atomic E-state index is 12.3. The van der Waals surface area contributed by atoms with E-state index in [-0.39, 0.29) is 24.8 Å². The molecule has 0 saturated carbocycles. The molecule has 2 saturated heterocycles. The molecule has 2 aliphatic rings. The highest BCUT2D eigenvalue weighted by molar-refractivity contribution is 5.99. The first-order chi connectivity index (χ1) is 12.4. The maximum atomic E-state index is 12.3. The number of anilines is 1. The molecule has 1 aromatic carbocycles. The molecule has 3 rings (SSSR count). The number of piperidine rings is 1. The number of esters is 1. The molecule has 0 spiro atoms. The number of amides is 2. The van der Waals surface area contributed by atoms with Gasteiger partial charge in [-0.25, -0.2) is 0 Å². The van der Waals surface area contributed by atoms with Gasteiger partial charge in [0.25, 0.3) is 5.91 Å². The molecule has 2 fully saturated rings. The summed E-state index contributed by atoms with van der Waals surface area (Å²) >= 11 is 0. The largest absolute Gasteiger partial charge is 0.455 e. The average Bonchev–Trinajstić information content (AvgIpc) is 3.02. The van der Waals surface area contributed by atoms with Gasteiger partial charge < -0.3 is 14.5 Å². The zero-order valence-corrected chi connectivity index (χ0v) is 15.4. The Kier molecular flexibility index (Phi) is 5.59. The summed E-state index contributed by atoms with van der Waals surface area (Å²) in [6.07, 6.45) is 2.24. The van der Waals surface area contributed by atoms with Gasteiger partial charge in [-0.1, -0.05) is 24.6 Å². The van der Waals surface area contributed by atoms with Crippen molar-refractivity contribution in [3.63, 3.8) is 0 Å². The summed E-state index contributed by atoms with van der Waals surface area (Å²) in [5, 5.41) is 0. The predicted octanol–water partition coefficient (Wildman–Crippen LogP) is 2.15. The monoisotopic (exact) mass is 358 g/mol. The van der Waals surface area contributed by atoms with Gasteiger partial charge in [-0.3, -0.25) is 14.4 Å². The van der Waals surface area contributed by atoms with Gasteiger partial charge in [0.05, 0.1) is 5.92 Å². The fraction of sp³-hybridized carbons (Fsp3) is 0.550. The zero-order chi connectivity index (χ0) is 18.7. The van der Waals surface area contributed by atoms with Crippen molar-refractivity contribution in [3.8, 4) is 0 Å². The van der Waals surface area contributed by atoms with Crippen LogP contribution in [-0.2, 0) is 19.1 Å². The van der Waals surface area contributed by atoms with Crippen molar-refractivity contribution in [3.05, 3.63) is 29.8 Å². The Morgan fingerprint density at radius 3 is 2.62 bits per heavy atom. The zero-order valence-electron chi connectivity index (χ0n) is 15.4. The van der Waals surface area contributed by atoms with Gasteiger partial charge in [-0.05, 0) is 37.8 Å². The van der Waals surface area contributed by atoms with E-state index in [4.69, 9.17) is 4.74 Å². The van der Waals surface area contributed by atoms with Crippen LogP contribution < -0.4 is 4.90 Å². The van der Waals surface area contributed by atoms with Gasteiger partial charge in [0.2, 0.25) is 5.91 Å². The van der Waals surface area contributed by atoms with E-state index in [1.54, 1.807) is 9.80 Å². The van der Waals surface area contributed by atoms with Crippen LogP contribution in [0.2, 0.25) is 0 Å². The normalized spacial score (nSPS) is 23.2. The number of carbonyl (C=O) groups is 3. The summed E-state index contributed by atoms with van der Waals surface area (Å²) in [6, 6.07) is 7.63. The van der Waals surface area contributed by atoms with E-state index >= 15 is 0 Å². The van der Waals surface area contributed by atoms with Crippen LogP contribution in [0.25, 0.3) is 0 Å². The van der Waals surface area contributed by atoms with Crippen LogP contribution in [-0.4, -0.2) is 48.9 Å². The molecule has 6 nitrogen and oxygen atoms in total. The average molecular weight is 358 g/mol. The number of likely N-dealkylation sites (tertiary alicyclic amines) is 1. The van der Waals surface area contributed by atoms with Crippen molar-refractivity contribution in [1.82, 2.24) is 4.90 Å². The van der Waals surface area contributed by atoms with Crippen LogP contribution in [0.1, 0.15) is 31.7 Å². The van der Waals surface area contributed by atoms with Gasteiger partial charge in [0.15, 0.2) is 6.61 Å². The summed E-state index contributed by atoms with van der Waals surface area (Å²) in [5.74, 6) is -0.737. The van der Waals surface area contributed by atoms with Crippen molar-refractivity contribution in [2.24, 2.45) is 11.8 Å². The second-order valence-electron chi connectivity index (χ2n) is 7.44. The van der Waals surface area contributed by atoms with Crippen LogP contribution in [0.3, 0.4) is 0 Å². The van der Waals surface area contributed by atoms with E-state index in [9.17, 15) is 14.4 Å². The SMILES string of the molecule is Cc1ccc(N2C[C@@H](C(=O)OCC(=O)N3CCC[C@@H](C)C3)CC2=O)cc1. The van der Waals surface area contributed by atoms with E-state index < -0.39 is 11.9 Å². The number of rotatable bonds is 4. The number of aryl methyl sites for hydroxylation is 1. The lowest BCUT2D eigenvalue weighted by Gasteiger charge is -2.30. The smallest absolute Gasteiger partial charge is 0.311 e. The Balaban J connectivity index is 1.51. The first kappa shape index (κ1) is 18.4. The Bertz CT molecular complexity index is 686. The van der Waals surface area contributed by atoms with Gasteiger partial charge >= 0.3 is 5.97 Å². The molecule has 0 bridgehead atoms. The molecule has 26 heavy (non-hydrogen) atoms. The van der Waals surface area contributed by atoms with Gasteiger partial charge in [-0.15, -0.1) is 0 Å². The molecular formula is C20H26N2O4. The van der Waals surface area contributed by atoms with E-state index in [0.29, 0.717) is 12.5 Å². The lowest BCUT2D eigenvalue weighted by Crippen LogP contribution is -2.41. The maximum Gasteiger partial charge on any atom is 0.311 e. The Labute approximate surface area is 154 Å². The summed E-state index contributed by atoms with van der Waals surface area (Å²) in [6.45, 7) is 5.62. The van der Waals surface area contributed by atoms with Crippen molar-refractivity contribution in [1.29, 1.82) is 0 Å². The molecule has 0 N–H and O–H groups in total. The van der Waals surface area contributed by atoms with Crippen LogP contribution >= 0.6 is 0 Å². The molecule has 2 atom stereocenters. The van der Waals surface area contributed by atoms with Gasteiger partial charge in [-0.2, -0.15) is 0 Å². The topological polar surface area (TPSA) is 66.9 Å². The van der Waals surface area contributed by atoms with E-state index in [1.165, 1.54) is 0 Å². The molecule has 0 radical (unpaired) electrons. The standard InChI is InChI=1S/C20H26N2O4/c1-14-5-7-17(8-6-14)22-12-16(10-18(22)23)20(25)26-13-19(24)21-9-3-4-15(2)11-21/h5-8,15-16H,3-4,9-13H2,1-2H3/t15-,16+/m1/s1. The molecule has 0 aliphatic carbocycles. The highest BCUT2D eigenvalue weighted by Gasteiger charge is 2.36. The molecule has 6 heteroatoms. The van der Waals surface area contributed by atoms with Crippen LogP contribution in [0, 0.1) is 18.8 Å². The fourth-order valence-corrected chi connectivity index (χ4v) is 3.60. The van der Waals surface area contributed by atoms with Crippen molar-refractivity contribution in [2.45, 2.75) is 33.1 Å². The predicted molar refractivity (Wildman–Crippen MR) is 97.6 cm³/mol. The van der Waals surface area contributed by atoms with Gasteiger partial charge in [0, 0.05) is 31.7 Å². The lowest BCUT2D eigenvalue weighted by molar-refractivity contribution is -0.155. The molecule has 1 aromatic rings. The first-order valence-electron chi connectivity index (χ1n) is 9.25. The third-order valence-electron chi connectivity index (χ3n) is 5.15. The Morgan fingerprint density at radius 2 is 1.92 bits per heavy atom. The van der Waals surface area contributed by atoms with Crippen molar-refractivity contribution >= 4 is 23.5 Å². The van der Waals surface area contributed by atoms with Crippen LogP contribution in [0.4, 0.5) is 5.69 Å². The summed E-state index contributed by atoms with van der Waals surface area (Å²) in [5.41, 5.74) is 1.90. The number of benzene rings is 1. The highest BCUT2D eigenvalue weighted by atomic mass is 16.5. The second-order valence-corrected chi connectivity index (χ2v) is 7.44. The van der Waals surface area contributed by atoms with Crippen LogP contribution in [0.5, 0.6) is 0 Å². The minimum Gasteiger partial charge on any atom is -0.455 e. The minimum absolute atomic E-state index is 0.0908. The number of nitrogens with zero attached hydrogens (tertiary/aromatic N) is 2. The second kappa shape index (κ2) is 7.89. The van der Waals surface area contributed by atoms with E-state index in [1.807, 2.05) is 31.2 Å². The third-order valence-corrected chi connectivity index (χ3v) is 5.15. The molecule has 140 valence electrons. The molecule has 0 aromatic heterocycles. The summed E-state index contributed by atoms with van der Waals surface area (Å²) < 4.78 is 5.22. The third kappa shape index (κ3) is 4.23. The number of hydrogen-bond donors (Lipinski definition) is 0. The van der Waals surface area contributed by atoms with Crippen molar-refractivity contribution < 1.29 is 19.1 Å².